The highest BCUT2D eigenvalue weighted by molar-refractivity contribution is 5.96. The maximum absolute atomic E-state index is 11.5. The number of ether oxygens (including phenoxy) is 3. The zero-order valence-electron chi connectivity index (χ0n) is 15.2. The Bertz CT molecular complexity index is 994. The zero-order chi connectivity index (χ0) is 20.1. The molecule has 10 heteroatoms. The van der Waals surface area contributed by atoms with Crippen molar-refractivity contribution in [1.29, 1.82) is 0 Å². The molecule has 0 spiro atoms. The Morgan fingerprint density at radius 1 is 1.14 bits per heavy atom. The van der Waals surface area contributed by atoms with Crippen molar-refractivity contribution in [3.8, 4) is 22.8 Å². The van der Waals surface area contributed by atoms with Crippen LogP contribution in [0.25, 0.3) is 11.3 Å². The van der Waals surface area contributed by atoms with Gasteiger partial charge in [-0.15, -0.1) is 0 Å². The molecular weight excluding hydrogens is 368 g/mol. The first kappa shape index (κ1) is 19.0. The summed E-state index contributed by atoms with van der Waals surface area (Å²) in [6.07, 6.45) is 0. The molecule has 0 fully saturated rings. The van der Waals surface area contributed by atoms with Crippen LogP contribution in [-0.4, -0.2) is 41.0 Å². The smallest absolute Gasteiger partial charge is 0.373 e. The highest BCUT2D eigenvalue weighted by Gasteiger charge is 2.18. The number of hydrogen-bond donors (Lipinski definition) is 2. The first-order chi connectivity index (χ1) is 13.5. The van der Waals surface area contributed by atoms with E-state index in [2.05, 4.69) is 20.1 Å². The maximum atomic E-state index is 11.5. The highest BCUT2D eigenvalue weighted by atomic mass is 16.5. The van der Waals surface area contributed by atoms with Crippen molar-refractivity contribution in [2.75, 3.05) is 13.7 Å². The summed E-state index contributed by atoms with van der Waals surface area (Å²) in [5, 5.41) is 10.1. The molecular formula is C18H18N4O6. The van der Waals surface area contributed by atoms with Gasteiger partial charge in [0.05, 0.1) is 13.7 Å². The fourth-order valence-corrected chi connectivity index (χ4v) is 2.46. The Kier molecular flexibility index (Phi) is 5.58. The quantitative estimate of drug-likeness (QED) is 0.559. The van der Waals surface area contributed by atoms with E-state index in [0.717, 1.165) is 0 Å². The molecule has 3 aromatic rings. The second-order valence-electron chi connectivity index (χ2n) is 5.53. The van der Waals surface area contributed by atoms with Gasteiger partial charge in [-0.3, -0.25) is 4.79 Å². The lowest BCUT2D eigenvalue weighted by molar-refractivity contribution is 0.0560. The number of esters is 1. The van der Waals surface area contributed by atoms with Gasteiger partial charge in [-0.25, -0.2) is 4.79 Å². The van der Waals surface area contributed by atoms with Gasteiger partial charge in [-0.2, -0.15) is 15.4 Å². The normalized spacial score (nSPS) is 10.5. The van der Waals surface area contributed by atoms with Crippen molar-refractivity contribution in [3.05, 3.63) is 47.5 Å². The molecule has 146 valence electrons. The lowest BCUT2D eigenvalue weighted by Gasteiger charge is -2.12. The molecule has 0 unspecified atom stereocenters. The van der Waals surface area contributed by atoms with Crippen LogP contribution in [0.3, 0.4) is 0 Å². The van der Waals surface area contributed by atoms with Crippen LogP contribution < -0.4 is 15.2 Å². The van der Waals surface area contributed by atoms with E-state index in [1.54, 1.807) is 24.3 Å². The second-order valence-corrected chi connectivity index (χ2v) is 5.53. The number of H-pyrrole nitrogens is 1. The van der Waals surface area contributed by atoms with Crippen molar-refractivity contribution in [2.24, 2.45) is 5.73 Å². The number of rotatable bonds is 8. The summed E-state index contributed by atoms with van der Waals surface area (Å²) in [6, 6.07) is 8.17. The van der Waals surface area contributed by atoms with Crippen molar-refractivity contribution in [1.82, 2.24) is 15.4 Å². The van der Waals surface area contributed by atoms with Crippen molar-refractivity contribution in [3.63, 3.8) is 0 Å². The second kappa shape index (κ2) is 8.25. The molecule has 28 heavy (non-hydrogen) atoms. The van der Waals surface area contributed by atoms with Gasteiger partial charge in [-0.1, -0.05) is 0 Å². The average Bonchev–Trinajstić information content (AvgIpc) is 3.36. The maximum Gasteiger partial charge on any atom is 0.373 e. The first-order valence-electron chi connectivity index (χ1n) is 8.31. The molecule has 0 bridgehead atoms. The Morgan fingerprint density at radius 3 is 2.68 bits per heavy atom. The predicted octanol–water partition coefficient (Wildman–Crippen LogP) is 1.93. The van der Waals surface area contributed by atoms with Crippen LogP contribution in [0.5, 0.6) is 11.5 Å². The topological polar surface area (TPSA) is 143 Å². The number of carbonyl (C=O) groups is 2. The fourth-order valence-electron chi connectivity index (χ4n) is 2.46. The molecule has 0 saturated carbocycles. The van der Waals surface area contributed by atoms with Crippen molar-refractivity contribution < 1.29 is 28.2 Å². The molecule has 0 radical (unpaired) electrons. The van der Waals surface area contributed by atoms with Gasteiger partial charge < -0.3 is 24.4 Å². The molecule has 3 N–H and O–H groups in total. The van der Waals surface area contributed by atoms with Crippen LogP contribution in [0.1, 0.15) is 33.7 Å². The van der Waals surface area contributed by atoms with E-state index in [4.69, 9.17) is 19.6 Å². The number of nitrogens with one attached hydrogen (secondary N) is 1. The minimum absolute atomic E-state index is 0.0297. The van der Waals surface area contributed by atoms with Crippen LogP contribution in [0.15, 0.2) is 34.7 Å². The number of nitrogens with zero attached hydrogens (tertiary/aromatic N) is 2. The fraction of sp³-hybridized carbons (Fsp3) is 0.222. The van der Waals surface area contributed by atoms with Gasteiger partial charge >= 0.3 is 5.97 Å². The number of carbonyl (C=O) groups excluding carboxylic acids is 2. The van der Waals surface area contributed by atoms with Crippen molar-refractivity contribution >= 4 is 11.9 Å². The Labute approximate surface area is 159 Å². The summed E-state index contributed by atoms with van der Waals surface area (Å²) in [4.78, 5) is 22.9. The number of primary amides is 1. The van der Waals surface area contributed by atoms with E-state index in [1.807, 2.05) is 6.92 Å². The van der Waals surface area contributed by atoms with Gasteiger partial charge in [0.25, 0.3) is 5.91 Å². The molecule has 0 aliphatic carbocycles. The number of aromatic amines is 1. The molecule has 2 aromatic heterocycles. The number of amides is 1. The summed E-state index contributed by atoms with van der Waals surface area (Å²) in [7, 11) is 1.27. The number of furan rings is 1. The van der Waals surface area contributed by atoms with Crippen LogP contribution in [0.4, 0.5) is 0 Å². The monoisotopic (exact) mass is 386 g/mol. The highest BCUT2D eigenvalue weighted by Crippen LogP contribution is 2.33. The standard InChI is InChI=1S/C18H18N4O6/c1-3-26-14-8-10(15-16(17(19)23)21-22-20-15)4-6-12(14)27-9-11-5-7-13(28-11)18(24)25-2/h4-8H,3,9H2,1-2H3,(H2,19,23)(H,20,21,22). The summed E-state index contributed by atoms with van der Waals surface area (Å²) >= 11 is 0. The summed E-state index contributed by atoms with van der Waals surface area (Å²) in [6.45, 7) is 2.30. The Balaban J connectivity index is 1.81. The van der Waals surface area contributed by atoms with Crippen LogP contribution >= 0.6 is 0 Å². The van der Waals surface area contributed by atoms with E-state index in [9.17, 15) is 9.59 Å². The third kappa shape index (κ3) is 3.95. The van der Waals surface area contributed by atoms with Crippen LogP contribution in [0.2, 0.25) is 0 Å². The SMILES string of the molecule is CCOc1cc(-c2n[nH]nc2C(N)=O)ccc1OCc1ccc(C(=O)OC)o1. The Morgan fingerprint density at radius 2 is 1.96 bits per heavy atom. The van der Waals surface area contributed by atoms with E-state index in [0.29, 0.717) is 35.1 Å². The number of methoxy groups -OCH3 is 1. The Hall–Kier alpha value is -3.82. The molecule has 0 saturated heterocycles. The minimum Gasteiger partial charge on any atom is -0.490 e. The molecule has 2 heterocycles. The van der Waals surface area contributed by atoms with Gasteiger partial charge in [0.2, 0.25) is 5.76 Å². The van der Waals surface area contributed by atoms with Crippen LogP contribution in [0, 0.1) is 0 Å². The molecule has 0 aliphatic heterocycles. The number of nitrogens with two attached hydrogens (primary N) is 1. The number of aromatic nitrogens is 3. The van der Waals surface area contributed by atoms with E-state index < -0.39 is 11.9 Å². The molecule has 10 nitrogen and oxygen atoms in total. The molecule has 1 aromatic carbocycles. The third-order valence-electron chi connectivity index (χ3n) is 3.72. The summed E-state index contributed by atoms with van der Waals surface area (Å²) in [5.41, 5.74) is 6.24. The summed E-state index contributed by atoms with van der Waals surface area (Å²) in [5.74, 6) is 0.166. The molecule has 3 rings (SSSR count). The average molecular weight is 386 g/mol. The third-order valence-corrected chi connectivity index (χ3v) is 3.72. The zero-order valence-corrected chi connectivity index (χ0v) is 15.2. The lowest BCUT2D eigenvalue weighted by Crippen LogP contribution is -2.12. The summed E-state index contributed by atoms with van der Waals surface area (Å²) < 4.78 is 21.3. The molecule has 0 aliphatic rings. The lowest BCUT2D eigenvalue weighted by atomic mass is 10.1. The van der Waals surface area contributed by atoms with E-state index in [-0.39, 0.29) is 18.1 Å². The van der Waals surface area contributed by atoms with Gasteiger partial charge in [-0.05, 0) is 37.3 Å². The van der Waals surface area contributed by atoms with Gasteiger partial charge in [0, 0.05) is 5.56 Å². The van der Waals surface area contributed by atoms with Crippen LogP contribution in [-0.2, 0) is 11.3 Å². The first-order valence-corrected chi connectivity index (χ1v) is 8.31. The van der Waals surface area contributed by atoms with Gasteiger partial charge in [0.15, 0.2) is 17.2 Å². The van der Waals surface area contributed by atoms with Crippen molar-refractivity contribution in [2.45, 2.75) is 13.5 Å². The minimum atomic E-state index is -0.693. The van der Waals surface area contributed by atoms with E-state index in [1.165, 1.54) is 13.2 Å². The predicted molar refractivity (Wildman–Crippen MR) is 95.9 cm³/mol. The molecule has 1 amide bonds. The number of hydrogen-bond acceptors (Lipinski definition) is 8. The largest absolute Gasteiger partial charge is 0.490 e. The number of benzene rings is 1. The molecule has 0 atom stereocenters. The van der Waals surface area contributed by atoms with Gasteiger partial charge in [0.1, 0.15) is 18.1 Å². The van der Waals surface area contributed by atoms with E-state index >= 15 is 0 Å².